The fourth-order valence-corrected chi connectivity index (χ4v) is 1.54. The normalized spacial score (nSPS) is 12.1. The molecule has 6 heteroatoms. The summed E-state index contributed by atoms with van der Waals surface area (Å²) in [4.78, 5) is 22.8. The highest BCUT2D eigenvalue weighted by Crippen LogP contribution is 2.10. The summed E-state index contributed by atoms with van der Waals surface area (Å²) in [5.41, 5.74) is 0.288. The van der Waals surface area contributed by atoms with Gasteiger partial charge in [0.05, 0.1) is 6.04 Å². The molecular weight excluding hydrogens is 240 g/mol. The van der Waals surface area contributed by atoms with Gasteiger partial charge in [-0.3, -0.25) is 9.78 Å². The number of nitrogens with zero attached hydrogens (tertiary/aromatic N) is 2. The predicted octanol–water partition coefficient (Wildman–Crippen LogP) is 1.95. The topological polar surface area (TPSA) is 70.7 Å². The van der Waals surface area contributed by atoms with Crippen molar-refractivity contribution in [2.45, 2.75) is 13.0 Å². The summed E-state index contributed by atoms with van der Waals surface area (Å²) in [6.45, 7) is 1.83. The van der Waals surface area contributed by atoms with Gasteiger partial charge in [-0.1, -0.05) is 11.6 Å². The third kappa shape index (κ3) is 2.82. The molecule has 2 rings (SSSR count). The Kier molecular flexibility index (Phi) is 3.39. The van der Waals surface area contributed by atoms with Crippen LogP contribution in [0.25, 0.3) is 0 Å². The molecule has 1 unspecified atom stereocenters. The first-order chi connectivity index (χ1) is 8.16. The lowest BCUT2D eigenvalue weighted by molar-refractivity contribution is 0.0933. The Morgan fingerprint density at radius 3 is 2.94 bits per heavy atom. The van der Waals surface area contributed by atoms with Crippen molar-refractivity contribution in [2.24, 2.45) is 0 Å². The van der Waals surface area contributed by atoms with Crippen molar-refractivity contribution in [1.29, 1.82) is 0 Å². The molecule has 0 aliphatic rings. The van der Waals surface area contributed by atoms with E-state index in [1.165, 1.54) is 12.3 Å². The average molecular weight is 251 g/mol. The zero-order valence-electron chi connectivity index (χ0n) is 9.14. The standard InChI is InChI=1S/C11H11ClN4O/c1-7(10-14-4-5-15-10)16-11(17)9-6-8(12)2-3-13-9/h2-7H,1H3,(H,14,15)(H,16,17). The molecule has 2 aromatic rings. The van der Waals surface area contributed by atoms with Crippen LogP contribution >= 0.6 is 11.6 Å². The minimum atomic E-state index is -0.281. The average Bonchev–Trinajstić information content (AvgIpc) is 2.82. The van der Waals surface area contributed by atoms with Gasteiger partial charge in [-0.25, -0.2) is 4.98 Å². The van der Waals surface area contributed by atoms with Gasteiger partial charge in [-0.2, -0.15) is 0 Å². The third-order valence-corrected chi connectivity index (χ3v) is 2.47. The Hall–Kier alpha value is -1.88. The van der Waals surface area contributed by atoms with E-state index in [2.05, 4.69) is 20.3 Å². The number of aromatic nitrogens is 3. The van der Waals surface area contributed by atoms with Gasteiger partial charge >= 0.3 is 0 Å². The van der Waals surface area contributed by atoms with Crippen molar-refractivity contribution in [3.63, 3.8) is 0 Å². The molecule has 2 heterocycles. The van der Waals surface area contributed by atoms with Gasteiger partial charge in [0.15, 0.2) is 0 Å². The summed E-state index contributed by atoms with van der Waals surface area (Å²) in [6.07, 6.45) is 4.83. The van der Waals surface area contributed by atoms with Crippen molar-refractivity contribution < 1.29 is 4.79 Å². The minimum Gasteiger partial charge on any atom is -0.347 e. The quantitative estimate of drug-likeness (QED) is 0.875. The van der Waals surface area contributed by atoms with Gasteiger partial charge in [0.2, 0.25) is 0 Å². The first-order valence-corrected chi connectivity index (χ1v) is 5.46. The summed E-state index contributed by atoms with van der Waals surface area (Å²) in [5.74, 6) is 0.414. The van der Waals surface area contributed by atoms with Gasteiger partial charge in [0.1, 0.15) is 11.5 Å². The van der Waals surface area contributed by atoms with Crippen LogP contribution in [0.1, 0.15) is 29.3 Å². The number of aromatic amines is 1. The molecule has 0 aliphatic heterocycles. The molecule has 0 saturated heterocycles. The van der Waals surface area contributed by atoms with E-state index in [0.29, 0.717) is 10.8 Å². The fourth-order valence-electron chi connectivity index (χ4n) is 1.38. The summed E-state index contributed by atoms with van der Waals surface area (Å²) in [7, 11) is 0. The maximum atomic E-state index is 11.8. The zero-order valence-corrected chi connectivity index (χ0v) is 9.90. The number of imidazole rings is 1. The second-order valence-corrected chi connectivity index (χ2v) is 3.97. The van der Waals surface area contributed by atoms with Crippen molar-refractivity contribution >= 4 is 17.5 Å². The Bertz CT molecular complexity index is 512. The molecule has 0 aromatic carbocycles. The smallest absolute Gasteiger partial charge is 0.270 e. The molecule has 2 N–H and O–H groups in total. The molecule has 2 aromatic heterocycles. The number of pyridine rings is 1. The molecule has 1 atom stereocenters. The van der Waals surface area contributed by atoms with E-state index in [0.717, 1.165) is 0 Å². The number of carbonyl (C=O) groups excluding carboxylic acids is 1. The van der Waals surface area contributed by atoms with Crippen molar-refractivity contribution in [1.82, 2.24) is 20.3 Å². The number of rotatable bonds is 3. The van der Waals surface area contributed by atoms with E-state index >= 15 is 0 Å². The van der Waals surface area contributed by atoms with Gasteiger partial charge < -0.3 is 10.3 Å². The van der Waals surface area contributed by atoms with E-state index in [4.69, 9.17) is 11.6 Å². The number of H-pyrrole nitrogens is 1. The first kappa shape index (κ1) is 11.6. The van der Waals surface area contributed by atoms with Crippen LogP contribution in [0.4, 0.5) is 0 Å². The van der Waals surface area contributed by atoms with Crippen LogP contribution in [0, 0.1) is 0 Å². The number of nitrogens with one attached hydrogen (secondary N) is 2. The maximum absolute atomic E-state index is 11.8. The summed E-state index contributed by atoms with van der Waals surface area (Å²) in [5, 5.41) is 3.25. The molecule has 0 bridgehead atoms. The highest BCUT2D eigenvalue weighted by molar-refractivity contribution is 6.30. The predicted molar refractivity (Wildman–Crippen MR) is 63.7 cm³/mol. The largest absolute Gasteiger partial charge is 0.347 e. The van der Waals surface area contributed by atoms with E-state index in [9.17, 15) is 4.79 Å². The zero-order chi connectivity index (χ0) is 12.3. The van der Waals surface area contributed by atoms with Crippen LogP contribution in [0.2, 0.25) is 5.02 Å². The Balaban J connectivity index is 2.07. The lowest BCUT2D eigenvalue weighted by Gasteiger charge is -2.10. The third-order valence-electron chi connectivity index (χ3n) is 2.23. The van der Waals surface area contributed by atoms with Crippen LogP contribution in [0.5, 0.6) is 0 Å². The second kappa shape index (κ2) is 4.97. The lowest BCUT2D eigenvalue weighted by atomic mass is 10.3. The summed E-state index contributed by atoms with van der Waals surface area (Å²) < 4.78 is 0. The van der Waals surface area contributed by atoms with E-state index in [1.54, 1.807) is 18.5 Å². The first-order valence-electron chi connectivity index (χ1n) is 5.08. The molecule has 17 heavy (non-hydrogen) atoms. The molecule has 0 saturated carbocycles. The van der Waals surface area contributed by atoms with Gasteiger partial charge in [-0.05, 0) is 19.1 Å². The maximum Gasteiger partial charge on any atom is 0.270 e. The molecule has 1 amide bonds. The minimum absolute atomic E-state index is 0.210. The monoisotopic (exact) mass is 250 g/mol. The number of amides is 1. The Morgan fingerprint density at radius 1 is 1.47 bits per heavy atom. The second-order valence-electron chi connectivity index (χ2n) is 3.53. The molecule has 0 radical (unpaired) electrons. The number of hydrogen-bond donors (Lipinski definition) is 2. The molecular formula is C11H11ClN4O. The summed E-state index contributed by atoms with van der Waals surface area (Å²) >= 11 is 5.79. The van der Waals surface area contributed by atoms with Crippen LogP contribution in [0.3, 0.4) is 0 Å². The van der Waals surface area contributed by atoms with Crippen molar-refractivity contribution in [3.8, 4) is 0 Å². The SMILES string of the molecule is CC(NC(=O)c1cc(Cl)ccn1)c1ncc[nH]1. The van der Waals surface area contributed by atoms with E-state index < -0.39 is 0 Å². The number of hydrogen-bond acceptors (Lipinski definition) is 3. The summed E-state index contributed by atoms with van der Waals surface area (Å²) in [6, 6.07) is 2.93. The van der Waals surface area contributed by atoms with Gasteiger partial charge in [0, 0.05) is 23.6 Å². The van der Waals surface area contributed by atoms with Crippen LogP contribution in [-0.4, -0.2) is 20.9 Å². The van der Waals surface area contributed by atoms with E-state index in [1.807, 2.05) is 6.92 Å². The molecule has 5 nitrogen and oxygen atoms in total. The highest BCUT2D eigenvalue weighted by Gasteiger charge is 2.13. The van der Waals surface area contributed by atoms with Crippen LogP contribution < -0.4 is 5.32 Å². The highest BCUT2D eigenvalue weighted by atomic mass is 35.5. The Labute approximate surface area is 103 Å². The number of halogens is 1. The number of carbonyl (C=O) groups is 1. The fraction of sp³-hybridized carbons (Fsp3) is 0.182. The molecule has 0 aliphatic carbocycles. The van der Waals surface area contributed by atoms with E-state index in [-0.39, 0.29) is 17.6 Å². The van der Waals surface area contributed by atoms with Crippen LogP contribution in [0.15, 0.2) is 30.7 Å². The van der Waals surface area contributed by atoms with Gasteiger partial charge in [-0.15, -0.1) is 0 Å². The van der Waals surface area contributed by atoms with Crippen molar-refractivity contribution in [2.75, 3.05) is 0 Å². The van der Waals surface area contributed by atoms with Gasteiger partial charge in [0.25, 0.3) is 5.91 Å². The lowest BCUT2D eigenvalue weighted by Crippen LogP contribution is -2.28. The molecule has 0 fully saturated rings. The molecule has 0 spiro atoms. The van der Waals surface area contributed by atoms with Crippen LogP contribution in [-0.2, 0) is 0 Å². The molecule has 88 valence electrons. The van der Waals surface area contributed by atoms with Crippen molar-refractivity contribution in [3.05, 3.63) is 47.3 Å². The Morgan fingerprint density at radius 2 is 2.29 bits per heavy atom.